The number of aromatic amines is 1. The van der Waals surface area contributed by atoms with E-state index in [0.29, 0.717) is 11.4 Å². The summed E-state index contributed by atoms with van der Waals surface area (Å²) in [5.41, 5.74) is 5.99. The van der Waals surface area contributed by atoms with Crippen LogP contribution in [0.2, 0.25) is 5.02 Å². The van der Waals surface area contributed by atoms with Gasteiger partial charge in [-0.2, -0.15) is 0 Å². The Labute approximate surface area is 132 Å². The smallest absolute Gasteiger partial charge is 0.242 e. The Balaban J connectivity index is 2.29. The number of imidazole rings is 1. The highest BCUT2D eigenvalue weighted by Crippen LogP contribution is 2.24. The zero-order valence-electron chi connectivity index (χ0n) is 11.0. The van der Waals surface area contributed by atoms with E-state index < -0.39 is 16.1 Å². The van der Waals surface area contributed by atoms with Gasteiger partial charge in [0, 0.05) is 18.0 Å². The lowest BCUT2D eigenvalue weighted by Crippen LogP contribution is -2.28. The van der Waals surface area contributed by atoms with E-state index >= 15 is 0 Å². The lowest BCUT2D eigenvalue weighted by Gasteiger charge is -2.13. The quantitative estimate of drug-likeness (QED) is 0.717. The lowest BCUT2D eigenvalue weighted by atomic mass is 10.2. The molecule has 21 heavy (non-hydrogen) atoms. The normalized spacial score (nSPS) is 13.0. The van der Waals surface area contributed by atoms with Crippen molar-refractivity contribution < 1.29 is 8.42 Å². The van der Waals surface area contributed by atoms with Gasteiger partial charge in [-0.05, 0) is 19.1 Å². The van der Waals surface area contributed by atoms with Crippen LogP contribution in [0.4, 0.5) is 0 Å². The van der Waals surface area contributed by atoms with Crippen LogP contribution in [-0.2, 0) is 10.0 Å². The lowest BCUT2D eigenvalue weighted by molar-refractivity contribution is 0.561. The minimum atomic E-state index is -3.78. The fraction of sp³-hybridized carbons (Fsp3) is 0.167. The molecule has 2 rings (SSSR count). The molecular weight excluding hydrogens is 332 g/mol. The second-order valence-corrected chi connectivity index (χ2v) is 6.86. The van der Waals surface area contributed by atoms with Crippen molar-refractivity contribution in [1.29, 1.82) is 0 Å². The van der Waals surface area contributed by atoms with E-state index in [4.69, 9.17) is 29.6 Å². The third-order valence-electron chi connectivity index (χ3n) is 2.77. The zero-order chi connectivity index (χ0) is 15.6. The van der Waals surface area contributed by atoms with Crippen molar-refractivity contribution in [3.8, 4) is 0 Å². The van der Waals surface area contributed by atoms with Gasteiger partial charge in [0.2, 0.25) is 10.0 Å². The van der Waals surface area contributed by atoms with E-state index in [1.165, 1.54) is 18.2 Å². The molecule has 4 N–H and O–H groups in total. The summed E-state index contributed by atoms with van der Waals surface area (Å²) in [7, 11) is -3.78. The third kappa shape index (κ3) is 3.59. The molecule has 0 radical (unpaired) electrons. The number of aromatic nitrogens is 2. The summed E-state index contributed by atoms with van der Waals surface area (Å²) in [6.07, 6.45) is 3.16. The topological polar surface area (TPSA) is 101 Å². The van der Waals surface area contributed by atoms with E-state index in [1.54, 1.807) is 19.3 Å². The molecule has 0 spiro atoms. The molecule has 1 aromatic carbocycles. The number of nitrogens with one attached hydrogen (secondary N) is 2. The highest BCUT2D eigenvalue weighted by Gasteiger charge is 2.22. The van der Waals surface area contributed by atoms with E-state index in [-0.39, 0.29) is 14.9 Å². The number of nitrogens with two attached hydrogens (primary N) is 1. The van der Waals surface area contributed by atoms with Crippen molar-refractivity contribution in [2.45, 2.75) is 17.9 Å². The standard InChI is InChI=1S/C12H13ClN4O2S2/c1-7(12-15-4-5-16-12)17-21(18,19)10-3-2-8(11(14)20)6-9(10)13/h2-7,17H,1H3,(H2,14,20)(H,15,16). The largest absolute Gasteiger partial charge is 0.389 e. The molecule has 1 aromatic heterocycles. The summed E-state index contributed by atoms with van der Waals surface area (Å²) >= 11 is 10.8. The third-order valence-corrected chi connectivity index (χ3v) is 5.03. The Morgan fingerprint density at radius 2 is 2.24 bits per heavy atom. The molecule has 0 saturated heterocycles. The maximum Gasteiger partial charge on any atom is 0.242 e. The van der Waals surface area contributed by atoms with Gasteiger partial charge in [-0.15, -0.1) is 0 Å². The van der Waals surface area contributed by atoms with E-state index in [0.717, 1.165) is 0 Å². The molecule has 1 unspecified atom stereocenters. The van der Waals surface area contributed by atoms with Crippen LogP contribution in [0.5, 0.6) is 0 Å². The van der Waals surface area contributed by atoms with Crippen LogP contribution in [-0.4, -0.2) is 23.4 Å². The Bertz CT molecular complexity index is 760. The van der Waals surface area contributed by atoms with Crippen LogP contribution >= 0.6 is 23.8 Å². The molecule has 0 aliphatic heterocycles. The number of rotatable bonds is 5. The van der Waals surface area contributed by atoms with Gasteiger partial charge in [-0.3, -0.25) is 0 Å². The Morgan fingerprint density at radius 3 is 2.76 bits per heavy atom. The number of sulfonamides is 1. The van der Waals surface area contributed by atoms with Crippen LogP contribution in [0, 0.1) is 0 Å². The molecule has 1 heterocycles. The monoisotopic (exact) mass is 344 g/mol. The summed E-state index contributed by atoms with van der Waals surface area (Å²) in [5.74, 6) is 0.509. The van der Waals surface area contributed by atoms with Gasteiger partial charge in [-0.25, -0.2) is 18.1 Å². The fourth-order valence-corrected chi connectivity index (χ4v) is 3.62. The van der Waals surface area contributed by atoms with E-state index in [9.17, 15) is 8.42 Å². The Hall–Kier alpha value is -1.48. The van der Waals surface area contributed by atoms with Gasteiger partial charge in [-0.1, -0.05) is 29.9 Å². The molecule has 2 aromatic rings. The molecule has 0 aliphatic carbocycles. The number of benzene rings is 1. The SMILES string of the molecule is CC(NS(=O)(=O)c1ccc(C(N)=S)cc1Cl)c1ncc[nH]1. The summed E-state index contributed by atoms with van der Waals surface area (Å²) in [4.78, 5) is 6.96. The number of hydrogen-bond acceptors (Lipinski definition) is 4. The van der Waals surface area contributed by atoms with Crippen molar-refractivity contribution >= 4 is 38.8 Å². The highest BCUT2D eigenvalue weighted by molar-refractivity contribution is 7.89. The van der Waals surface area contributed by atoms with Gasteiger partial charge < -0.3 is 10.7 Å². The number of halogens is 1. The van der Waals surface area contributed by atoms with Gasteiger partial charge in [0.25, 0.3) is 0 Å². The first-order valence-electron chi connectivity index (χ1n) is 5.92. The maximum absolute atomic E-state index is 12.3. The molecule has 0 aliphatic rings. The molecular formula is C12H13ClN4O2S2. The predicted octanol–water partition coefficient (Wildman–Crippen LogP) is 1.74. The molecule has 0 bridgehead atoms. The maximum atomic E-state index is 12.3. The zero-order valence-corrected chi connectivity index (χ0v) is 13.4. The molecule has 112 valence electrons. The first-order valence-corrected chi connectivity index (χ1v) is 8.19. The number of hydrogen-bond donors (Lipinski definition) is 3. The van der Waals surface area contributed by atoms with Crippen LogP contribution in [0.1, 0.15) is 24.4 Å². The van der Waals surface area contributed by atoms with Crippen LogP contribution < -0.4 is 10.5 Å². The minimum Gasteiger partial charge on any atom is -0.389 e. The summed E-state index contributed by atoms with van der Waals surface area (Å²) in [6, 6.07) is 3.79. The van der Waals surface area contributed by atoms with Gasteiger partial charge in [0.05, 0.1) is 11.1 Å². The number of H-pyrrole nitrogens is 1. The van der Waals surface area contributed by atoms with Crippen LogP contribution in [0.25, 0.3) is 0 Å². The van der Waals surface area contributed by atoms with E-state index in [1.807, 2.05) is 0 Å². The Morgan fingerprint density at radius 1 is 1.52 bits per heavy atom. The number of nitrogens with zero attached hydrogens (tertiary/aromatic N) is 1. The highest BCUT2D eigenvalue weighted by atomic mass is 35.5. The minimum absolute atomic E-state index is 0.0393. The second-order valence-electron chi connectivity index (χ2n) is 4.33. The summed E-state index contributed by atoms with van der Waals surface area (Å²) < 4.78 is 27.2. The molecule has 6 nitrogen and oxygen atoms in total. The van der Waals surface area contributed by atoms with Crippen molar-refractivity contribution in [2.24, 2.45) is 5.73 Å². The average molecular weight is 345 g/mol. The fourth-order valence-electron chi connectivity index (χ4n) is 1.74. The molecule has 0 amide bonds. The van der Waals surface area contributed by atoms with Gasteiger partial charge in [0.15, 0.2) is 0 Å². The van der Waals surface area contributed by atoms with Crippen LogP contribution in [0.3, 0.4) is 0 Å². The first kappa shape index (κ1) is 15.9. The van der Waals surface area contributed by atoms with Gasteiger partial charge >= 0.3 is 0 Å². The van der Waals surface area contributed by atoms with Crippen molar-refractivity contribution in [3.05, 3.63) is 47.0 Å². The van der Waals surface area contributed by atoms with E-state index in [2.05, 4.69) is 14.7 Å². The molecule has 9 heteroatoms. The molecule has 0 fully saturated rings. The number of thiocarbonyl (C=S) groups is 1. The second kappa shape index (κ2) is 6.10. The van der Waals surface area contributed by atoms with Crippen LogP contribution in [0.15, 0.2) is 35.5 Å². The van der Waals surface area contributed by atoms with Crippen molar-refractivity contribution in [2.75, 3.05) is 0 Å². The van der Waals surface area contributed by atoms with Crippen molar-refractivity contribution in [1.82, 2.24) is 14.7 Å². The Kier molecular flexibility index (Phi) is 4.62. The first-order chi connectivity index (χ1) is 9.81. The molecule has 1 atom stereocenters. The molecule has 0 saturated carbocycles. The average Bonchev–Trinajstić information content (AvgIpc) is 2.91. The summed E-state index contributed by atoms with van der Waals surface area (Å²) in [6.45, 7) is 1.67. The van der Waals surface area contributed by atoms with Crippen molar-refractivity contribution in [3.63, 3.8) is 0 Å². The van der Waals surface area contributed by atoms with Gasteiger partial charge in [0.1, 0.15) is 15.7 Å². The summed E-state index contributed by atoms with van der Waals surface area (Å²) in [5, 5.41) is 0.0550. The predicted molar refractivity (Wildman–Crippen MR) is 84.7 cm³/mol.